The number of carboxylic acid groups (broad SMARTS) is 1. The van der Waals surface area contributed by atoms with E-state index in [1.807, 2.05) is 11.0 Å². The highest BCUT2D eigenvalue weighted by atomic mass is 32.2. The van der Waals surface area contributed by atoms with Crippen LogP contribution in [-0.4, -0.2) is 69.6 Å². The molecule has 14 heteroatoms. The number of nitrogens with one attached hydrogen (secondary N) is 1. The van der Waals surface area contributed by atoms with Crippen LogP contribution in [0.2, 0.25) is 0 Å². The van der Waals surface area contributed by atoms with E-state index in [0.29, 0.717) is 36.5 Å². The number of aliphatic carboxylic acids is 1. The van der Waals surface area contributed by atoms with Crippen LogP contribution in [0.25, 0.3) is 10.9 Å². The number of fused-ring (bicyclic) bond motifs is 3. The minimum absolute atomic E-state index is 0.0200. The number of aryl methyl sites for hydroxylation is 1. The van der Waals surface area contributed by atoms with Crippen LogP contribution in [0.4, 0.5) is 13.2 Å². The first-order chi connectivity index (χ1) is 17.8. The number of hydrogen-bond acceptors (Lipinski definition) is 6. The van der Waals surface area contributed by atoms with Gasteiger partial charge >= 0.3 is 12.1 Å². The zero-order chi connectivity index (χ0) is 27.8. The van der Waals surface area contributed by atoms with E-state index in [1.165, 1.54) is 16.5 Å². The minimum atomic E-state index is -5.08. The molecular weight excluding hydrogens is 527 g/mol. The van der Waals surface area contributed by atoms with Crippen molar-refractivity contribution in [3.05, 3.63) is 47.5 Å². The number of carboxylic acids is 1. The number of aromatic nitrogens is 3. The van der Waals surface area contributed by atoms with Crippen molar-refractivity contribution >= 4 is 32.8 Å². The molecule has 10 nitrogen and oxygen atoms in total. The predicted molar refractivity (Wildman–Crippen MR) is 131 cm³/mol. The SMILES string of the molecule is CC1CCN(C(=O)c2ccc3c(c2)c2c(n3S(=O)(=O)c3cn(C)cn3)CCNC2)CC1.O=C(O)C(F)(F)F. The van der Waals surface area contributed by atoms with Crippen LogP contribution in [0.1, 0.15) is 41.4 Å². The van der Waals surface area contributed by atoms with Crippen LogP contribution in [-0.2, 0) is 34.8 Å². The Morgan fingerprint density at radius 2 is 1.84 bits per heavy atom. The number of imidazole rings is 1. The Labute approximate surface area is 217 Å². The van der Waals surface area contributed by atoms with Gasteiger partial charge in [0.15, 0.2) is 5.03 Å². The number of likely N-dealkylation sites (tertiary alicyclic amines) is 1. The molecule has 0 spiro atoms. The molecule has 1 aromatic carbocycles. The molecule has 2 aromatic heterocycles. The number of nitrogens with zero attached hydrogens (tertiary/aromatic N) is 4. The molecule has 38 heavy (non-hydrogen) atoms. The predicted octanol–water partition coefficient (Wildman–Crippen LogP) is 2.76. The zero-order valence-electron chi connectivity index (χ0n) is 20.8. The van der Waals surface area contributed by atoms with E-state index >= 15 is 0 Å². The summed E-state index contributed by atoms with van der Waals surface area (Å²) in [5.41, 5.74) is 2.93. The summed E-state index contributed by atoms with van der Waals surface area (Å²) in [7, 11) is -2.09. The van der Waals surface area contributed by atoms with Gasteiger partial charge < -0.3 is 19.9 Å². The summed E-state index contributed by atoms with van der Waals surface area (Å²) in [5.74, 6) is -2.09. The van der Waals surface area contributed by atoms with Gasteiger partial charge in [0.25, 0.3) is 15.9 Å². The van der Waals surface area contributed by atoms with E-state index < -0.39 is 22.2 Å². The van der Waals surface area contributed by atoms with Gasteiger partial charge in [-0.15, -0.1) is 0 Å². The second kappa shape index (κ2) is 10.4. The van der Waals surface area contributed by atoms with Crippen LogP contribution in [0.3, 0.4) is 0 Å². The van der Waals surface area contributed by atoms with Crippen molar-refractivity contribution in [2.45, 2.75) is 43.9 Å². The number of alkyl halides is 3. The Hall–Kier alpha value is -3.39. The fourth-order valence-electron chi connectivity index (χ4n) is 4.67. The molecule has 2 N–H and O–H groups in total. The molecule has 0 saturated carbocycles. The third-order valence-electron chi connectivity index (χ3n) is 6.72. The van der Waals surface area contributed by atoms with Crippen LogP contribution in [0.15, 0.2) is 35.7 Å². The summed E-state index contributed by atoms with van der Waals surface area (Å²) < 4.78 is 61.8. The first-order valence-electron chi connectivity index (χ1n) is 12.0. The monoisotopic (exact) mass is 555 g/mol. The molecule has 0 radical (unpaired) electrons. The zero-order valence-corrected chi connectivity index (χ0v) is 21.6. The molecule has 1 saturated heterocycles. The summed E-state index contributed by atoms with van der Waals surface area (Å²) in [6.07, 6.45) is 0.564. The lowest BCUT2D eigenvalue weighted by Gasteiger charge is -2.30. The van der Waals surface area contributed by atoms with Crippen molar-refractivity contribution in [1.29, 1.82) is 0 Å². The molecule has 0 unspecified atom stereocenters. The Morgan fingerprint density at radius 1 is 1.18 bits per heavy atom. The fraction of sp³-hybridized carbons (Fsp3) is 0.458. The van der Waals surface area contributed by atoms with Crippen LogP contribution < -0.4 is 5.32 Å². The topological polar surface area (TPSA) is 127 Å². The molecule has 5 rings (SSSR count). The third-order valence-corrected chi connectivity index (χ3v) is 8.36. The summed E-state index contributed by atoms with van der Waals surface area (Å²) in [6.45, 7) is 5.05. The van der Waals surface area contributed by atoms with Gasteiger partial charge in [0.1, 0.15) is 0 Å². The standard InChI is InChI=1S/C22H27N5O3S.C2HF3O2/c1-15-6-9-26(10-7-15)22(28)16-3-4-19-17(11-16)18-12-23-8-5-20(18)27(19)31(29,30)21-13-25(2)14-24-21;3-2(4,5)1(6)7/h3-4,11,13-15,23H,5-10,12H2,1-2H3;(H,6,7). The Morgan fingerprint density at radius 3 is 2.42 bits per heavy atom. The van der Waals surface area contributed by atoms with Crippen molar-refractivity contribution in [3.63, 3.8) is 0 Å². The van der Waals surface area contributed by atoms with E-state index in [4.69, 9.17) is 9.90 Å². The van der Waals surface area contributed by atoms with Crippen molar-refractivity contribution in [1.82, 2.24) is 23.7 Å². The maximum absolute atomic E-state index is 13.5. The van der Waals surface area contributed by atoms with E-state index in [1.54, 1.807) is 23.7 Å². The molecule has 2 aliphatic rings. The average molecular weight is 556 g/mol. The molecule has 0 atom stereocenters. The van der Waals surface area contributed by atoms with Crippen molar-refractivity contribution in [2.75, 3.05) is 19.6 Å². The maximum Gasteiger partial charge on any atom is 0.490 e. The molecule has 3 aromatic rings. The number of halogens is 3. The average Bonchev–Trinajstić information content (AvgIpc) is 3.45. The number of amides is 1. The quantitative estimate of drug-likeness (QED) is 0.509. The Balaban J connectivity index is 0.000000426. The summed E-state index contributed by atoms with van der Waals surface area (Å²) in [5, 5.41) is 11.3. The molecule has 0 aliphatic carbocycles. The first-order valence-corrected chi connectivity index (χ1v) is 13.4. The van der Waals surface area contributed by atoms with Gasteiger partial charge in [-0.25, -0.2) is 13.8 Å². The van der Waals surface area contributed by atoms with Crippen molar-refractivity contribution in [3.8, 4) is 0 Å². The largest absolute Gasteiger partial charge is 0.490 e. The Bertz CT molecular complexity index is 1470. The first kappa shape index (κ1) is 27.6. The highest BCUT2D eigenvalue weighted by molar-refractivity contribution is 7.90. The van der Waals surface area contributed by atoms with Crippen molar-refractivity contribution in [2.24, 2.45) is 13.0 Å². The van der Waals surface area contributed by atoms with Gasteiger partial charge in [-0.3, -0.25) is 4.79 Å². The van der Waals surface area contributed by atoms with Crippen LogP contribution in [0, 0.1) is 5.92 Å². The van der Waals surface area contributed by atoms with E-state index in [0.717, 1.165) is 42.6 Å². The van der Waals surface area contributed by atoms with Gasteiger partial charge in [-0.1, -0.05) is 6.92 Å². The van der Waals surface area contributed by atoms with Gasteiger partial charge in [0, 0.05) is 62.5 Å². The Kier molecular flexibility index (Phi) is 7.57. The highest BCUT2D eigenvalue weighted by Crippen LogP contribution is 2.33. The molecule has 2 aliphatic heterocycles. The maximum atomic E-state index is 13.5. The second-order valence-corrected chi connectivity index (χ2v) is 11.2. The molecule has 206 valence electrons. The van der Waals surface area contributed by atoms with Crippen LogP contribution >= 0.6 is 0 Å². The highest BCUT2D eigenvalue weighted by Gasteiger charge is 2.38. The van der Waals surface area contributed by atoms with Crippen LogP contribution in [0.5, 0.6) is 0 Å². The number of hydrogen-bond donors (Lipinski definition) is 2. The number of carbonyl (C=O) groups excluding carboxylic acids is 1. The lowest BCUT2D eigenvalue weighted by Crippen LogP contribution is -2.37. The third kappa shape index (κ3) is 5.41. The smallest absolute Gasteiger partial charge is 0.475 e. The van der Waals surface area contributed by atoms with Gasteiger partial charge in [0.2, 0.25) is 0 Å². The summed E-state index contributed by atoms with van der Waals surface area (Å²) >= 11 is 0. The lowest BCUT2D eigenvalue weighted by atomic mass is 9.98. The van der Waals surface area contributed by atoms with Gasteiger partial charge in [-0.2, -0.15) is 21.6 Å². The lowest BCUT2D eigenvalue weighted by molar-refractivity contribution is -0.192. The summed E-state index contributed by atoms with van der Waals surface area (Å²) in [6, 6.07) is 5.39. The molecule has 0 bridgehead atoms. The van der Waals surface area contributed by atoms with E-state index in [9.17, 15) is 26.4 Å². The number of carbonyl (C=O) groups is 2. The number of piperidine rings is 1. The molecule has 1 amide bonds. The molecule has 1 fully saturated rings. The molecular formula is C24H28F3N5O5S. The minimum Gasteiger partial charge on any atom is -0.475 e. The van der Waals surface area contributed by atoms with E-state index in [2.05, 4.69) is 17.2 Å². The second-order valence-electron chi connectivity index (χ2n) is 9.51. The number of benzene rings is 1. The van der Waals surface area contributed by atoms with Gasteiger partial charge in [0.05, 0.1) is 11.8 Å². The van der Waals surface area contributed by atoms with Crippen molar-refractivity contribution < 1.29 is 36.3 Å². The van der Waals surface area contributed by atoms with E-state index in [-0.39, 0.29) is 10.9 Å². The summed E-state index contributed by atoms with van der Waals surface area (Å²) in [4.78, 5) is 28.0. The molecule has 4 heterocycles. The fourth-order valence-corrected chi connectivity index (χ4v) is 6.24. The number of rotatable bonds is 3. The van der Waals surface area contributed by atoms with Gasteiger partial charge in [-0.05, 0) is 42.5 Å². The normalized spacial score (nSPS) is 16.6.